The summed E-state index contributed by atoms with van der Waals surface area (Å²) in [5.74, 6) is 0. The van der Waals surface area contributed by atoms with E-state index in [0.29, 0.717) is 0 Å². The molecule has 0 unspecified atom stereocenters. The number of halogens is 4. The van der Waals surface area contributed by atoms with Gasteiger partial charge in [-0.3, -0.25) is 0 Å². The van der Waals surface area contributed by atoms with Crippen molar-refractivity contribution in [1.82, 2.24) is 0 Å². The lowest BCUT2D eigenvalue weighted by Gasteiger charge is -2.37. The molecular weight excluding hydrogens is 533 g/mol. The van der Waals surface area contributed by atoms with E-state index in [0.717, 1.165) is 15.6 Å². The number of fused-ring (bicyclic) bond motifs is 5. The predicted molar refractivity (Wildman–Crippen MR) is 152 cm³/mol. The molecule has 0 nitrogen and oxygen atoms in total. The highest BCUT2D eigenvalue weighted by Crippen LogP contribution is 2.43. The normalized spacial score (nSPS) is 19.0. The minimum atomic E-state index is -4.28. The first-order chi connectivity index (χ1) is 17.4. The Morgan fingerprint density at radius 3 is 2.24 bits per heavy atom. The van der Waals surface area contributed by atoms with Gasteiger partial charge in [0.1, 0.15) is 0 Å². The van der Waals surface area contributed by atoms with Gasteiger partial charge in [-0.25, -0.2) is 0 Å². The van der Waals surface area contributed by atoms with Crippen LogP contribution in [-0.4, -0.2) is 0 Å². The Morgan fingerprint density at radius 2 is 1.51 bits per heavy atom. The van der Waals surface area contributed by atoms with Gasteiger partial charge in [0.15, 0.2) is 0 Å². The summed E-state index contributed by atoms with van der Waals surface area (Å²) < 4.78 is 39.5. The van der Waals surface area contributed by atoms with E-state index in [1.165, 1.54) is 65.3 Å². The molecular formula is C33H32BrF3. The summed E-state index contributed by atoms with van der Waals surface area (Å²) in [4.78, 5) is 0. The Kier molecular flexibility index (Phi) is 6.55. The van der Waals surface area contributed by atoms with Crippen molar-refractivity contribution in [3.8, 4) is 0 Å². The maximum atomic E-state index is 12.8. The smallest absolute Gasteiger partial charge is 0.166 e. The molecule has 0 aliphatic heterocycles. The average Bonchev–Trinajstić information content (AvgIpc) is 2.86. The lowest BCUT2D eigenvalue weighted by Crippen LogP contribution is -2.29. The summed E-state index contributed by atoms with van der Waals surface area (Å²) in [5.41, 5.74) is 6.76. The van der Waals surface area contributed by atoms with Gasteiger partial charge in [-0.05, 0) is 88.5 Å². The molecule has 0 spiro atoms. The lowest BCUT2D eigenvalue weighted by atomic mass is 9.68. The second-order valence-corrected chi connectivity index (χ2v) is 12.4. The van der Waals surface area contributed by atoms with E-state index < -0.39 is 11.7 Å². The molecule has 0 saturated carbocycles. The van der Waals surface area contributed by atoms with Gasteiger partial charge in [0, 0.05) is 15.3 Å². The van der Waals surface area contributed by atoms with Crippen LogP contribution in [-0.2, 0) is 23.4 Å². The van der Waals surface area contributed by atoms with Crippen LogP contribution in [0.15, 0.2) is 82.9 Å². The molecule has 0 saturated heterocycles. The topological polar surface area (TPSA) is 0 Å². The molecule has 0 radical (unpaired) electrons. The van der Waals surface area contributed by atoms with Crippen LogP contribution in [0.1, 0.15) is 74.8 Å². The number of aryl methyl sites for hydroxylation is 1. The van der Waals surface area contributed by atoms with Crippen LogP contribution in [0.3, 0.4) is 0 Å². The average molecular weight is 566 g/mol. The molecule has 0 fully saturated rings. The fraction of sp³-hybridized carbons (Fsp3) is 0.333. The van der Waals surface area contributed by atoms with Crippen LogP contribution >= 0.6 is 15.9 Å². The Hall–Kier alpha value is -2.59. The Bertz CT molecular complexity index is 1460. The fourth-order valence-corrected chi connectivity index (χ4v) is 6.20. The van der Waals surface area contributed by atoms with Crippen molar-refractivity contribution in [2.24, 2.45) is 0 Å². The highest BCUT2D eigenvalue weighted by Gasteiger charge is 2.37. The van der Waals surface area contributed by atoms with Crippen LogP contribution in [0.2, 0.25) is 0 Å². The van der Waals surface area contributed by atoms with Crippen LogP contribution in [0.25, 0.3) is 16.3 Å². The van der Waals surface area contributed by atoms with E-state index in [4.69, 9.17) is 0 Å². The first-order valence-corrected chi connectivity index (χ1v) is 13.7. The molecule has 0 atom stereocenters. The van der Waals surface area contributed by atoms with Crippen LogP contribution in [0, 0.1) is 0 Å². The number of benzene rings is 3. The number of alkyl halides is 3. The summed E-state index contributed by atoms with van der Waals surface area (Å²) in [6, 6.07) is 15.3. The molecule has 0 heterocycles. The third-order valence-corrected chi connectivity index (χ3v) is 8.48. The number of allylic oxidation sites excluding steroid dienone is 6. The molecule has 0 bridgehead atoms. The Balaban J connectivity index is 0.000000152. The highest BCUT2D eigenvalue weighted by atomic mass is 79.9. The van der Waals surface area contributed by atoms with Gasteiger partial charge >= 0.3 is 6.18 Å². The summed E-state index contributed by atoms with van der Waals surface area (Å²) in [7, 11) is 0. The zero-order valence-electron chi connectivity index (χ0n) is 21.8. The van der Waals surface area contributed by atoms with Gasteiger partial charge < -0.3 is 0 Å². The SMILES string of the molecule is Brc1ccc2c3c(ccc2c1)C1=C(CCC=C1)CC3.CC1(C)C=CC(C)(C)c2cc(C(F)(F)F)ccc21. The molecule has 0 aromatic heterocycles. The van der Waals surface area contributed by atoms with Gasteiger partial charge in [0.05, 0.1) is 5.56 Å². The summed E-state index contributed by atoms with van der Waals surface area (Å²) in [6.07, 6.45) is 9.34. The van der Waals surface area contributed by atoms with E-state index in [-0.39, 0.29) is 10.8 Å². The molecule has 0 N–H and O–H groups in total. The zero-order valence-corrected chi connectivity index (χ0v) is 23.4. The van der Waals surface area contributed by atoms with Crippen molar-refractivity contribution >= 4 is 32.3 Å². The minimum absolute atomic E-state index is 0.213. The third-order valence-electron chi connectivity index (χ3n) is 7.99. The quantitative estimate of drug-likeness (QED) is 0.238. The molecule has 192 valence electrons. The molecule has 6 rings (SSSR count). The maximum Gasteiger partial charge on any atom is 0.416 e. The van der Waals surface area contributed by atoms with E-state index in [1.54, 1.807) is 11.6 Å². The van der Waals surface area contributed by atoms with Gasteiger partial charge in [0.25, 0.3) is 0 Å². The van der Waals surface area contributed by atoms with Gasteiger partial charge in [-0.2, -0.15) is 13.2 Å². The Labute approximate surface area is 226 Å². The Morgan fingerprint density at radius 1 is 0.784 bits per heavy atom. The summed E-state index contributed by atoms with van der Waals surface area (Å²) in [5, 5.41) is 2.77. The van der Waals surface area contributed by atoms with Crippen molar-refractivity contribution in [3.63, 3.8) is 0 Å². The zero-order chi connectivity index (χ0) is 26.6. The van der Waals surface area contributed by atoms with E-state index in [9.17, 15) is 13.2 Å². The van der Waals surface area contributed by atoms with E-state index >= 15 is 0 Å². The fourth-order valence-electron chi connectivity index (χ4n) is 5.83. The third kappa shape index (κ3) is 4.97. The largest absolute Gasteiger partial charge is 0.416 e. The molecule has 0 amide bonds. The summed E-state index contributed by atoms with van der Waals surface area (Å²) >= 11 is 3.56. The van der Waals surface area contributed by atoms with Crippen molar-refractivity contribution in [2.75, 3.05) is 0 Å². The second kappa shape index (κ2) is 9.31. The first-order valence-electron chi connectivity index (χ1n) is 12.9. The minimum Gasteiger partial charge on any atom is -0.166 e. The van der Waals surface area contributed by atoms with E-state index in [1.807, 2.05) is 33.8 Å². The molecule has 4 heteroatoms. The molecule has 3 aromatic rings. The van der Waals surface area contributed by atoms with Gasteiger partial charge in [-0.1, -0.05) is 97.8 Å². The molecule has 3 aliphatic rings. The van der Waals surface area contributed by atoms with Gasteiger partial charge in [-0.15, -0.1) is 0 Å². The van der Waals surface area contributed by atoms with Crippen LogP contribution in [0.4, 0.5) is 13.2 Å². The molecule has 3 aliphatic carbocycles. The highest BCUT2D eigenvalue weighted by molar-refractivity contribution is 9.10. The number of hydrogen-bond donors (Lipinski definition) is 0. The second-order valence-electron chi connectivity index (χ2n) is 11.5. The van der Waals surface area contributed by atoms with Crippen molar-refractivity contribution in [3.05, 3.63) is 111 Å². The number of rotatable bonds is 0. The maximum absolute atomic E-state index is 12.8. The van der Waals surface area contributed by atoms with Crippen LogP contribution in [0.5, 0.6) is 0 Å². The van der Waals surface area contributed by atoms with Crippen molar-refractivity contribution in [1.29, 1.82) is 0 Å². The first kappa shape index (κ1) is 26.0. The standard InChI is InChI=1S/C18H15Br.C15H17F3/c19-14-7-10-16-13(11-14)6-9-17-15-4-2-1-3-12(15)5-8-18(16)17;1-13(2)7-8-14(3,4)12-9-10(15(16,17)18)5-6-11(12)13/h2,4,6-7,9-11H,1,3,5,8H2;5-9H,1-4H3. The number of hydrogen-bond acceptors (Lipinski definition) is 0. The van der Waals surface area contributed by atoms with Crippen molar-refractivity contribution in [2.45, 2.75) is 70.4 Å². The van der Waals surface area contributed by atoms with Gasteiger partial charge in [0.2, 0.25) is 0 Å². The van der Waals surface area contributed by atoms with Crippen molar-refractivity contribution < 1.29 is 13.2 Å². The summed E-state index contributed by atoms with van der Waals surface area (Å²) in [6.45, 7) is 7.92. The van der Waals surface area contributed by atoms with E-state index in [2.05, 4.69) is 64.5 Å². The monoisotopic (exact) mass is 564 g/mol. The molecule has 3 aromatic carbocycles. The molecule has 37 heavy (non-hydrogen) atoms. The lowest BCUT2D eigenvalue weighted by molar-refractivity contribution is -0.137. The van der Waals surface area contributed by atoms with Crippen LogP contribution < -0.4 is 0 Å². The predicted octanol–water partition coefficient (Wildman–Crippen LogP) is 10.5.